The maximum atomic E-state index is 13.2. The SMILES string of the molecule is CCn1c(CNC(=O)c2cc(-c3ccc4c(c3)OCCO4)nc3ccccc23)n[nH]c1=S. The van der Waals surface area contributed by atoms with Crippen LogP contribution in [-0.4, -0.2) is 38.9 Å². The molecule has 0 bridgehead atoms. The van der Waals surface area contributed by atoms with Gasteiger partial charge in [0.2, 0.25) is 0 Å². The second-order valence-electron chi connectivity index (χ2n) is 7.30. The average Bonchev–Trinajstić information content (AvgIpc) is 3.20. The van der Waals surface area contributed by atoms with Crippen LogP contribution < -0.4 is 14.8 Å². The number of para-hydroxylation sites is 1. The van der Waals surface area contributed by atoms with E-state index in [-0.39, 0.29) is 12.5 Å². The first-order chi connectivity index (χ1) is 15.6. The number of rotatable bonds is 5. The highest BCUT2D eigenvalue weighted by atomic mass is 32.1. The Labute approximate surface area is 189 Å². The molecule has 1 aliphatic heterocycles. The van der Waals surface area contributed by atoms with E-state index >= 15 is 0 Å². The number of hydrogen-bond donors (Lipinski definition) is 2. The Bertz CT molecular complexity index is 1380. The van der Waals surface area contributed by atoms with Gasteiger partial charge in [0.05, 0.1) is 23.3 Å². The van der Waals surface area contributed by atoms with Gasteiger partial charge in [0.25, 0.3) is 5.91 Å². The number of ether oxygens (including phenoxy) is 2. The second kappa shape index (κ2) is 8.43. The van der Waals surface area contributed by atoms with Crippen molar-refractivity contribution in [3.05, 3.63) is 64.7 Å². The molecule has 0 spiro atoms. The highest BCUT2D eigenvalue weighted by Crippen LogP contribution is 2.35. The lowest BCUT2D eigenvalue weighted by atomic mass is 10.0. The molecule has 2 aromatic carbocycles. The summed E-state index contributed by atoms with van der Waals surface area (Å²) in [6, 6.07) is 15.1. The molecule has 5 rings (SSSR count). The van der Waals surface area contributed by atoms with Crippen molar-refractivity contribution in [2.45, 2.75) is 20.0 Å². The van der Waals surface area contributed by atoms with Gasteiger partial charge >= 0.3 is 0 Å². The Balaban J connectivity index is 1.51. The van der Waals surface area contributed by atoms with E-state index in [0.29, 0.717) is 53.1 Å². The molecule has 0 saturated heterocycles. The first kappa shape index (κ1) is 20.2. The van der Waals surface area contributed by atoms with Crippen LogP contribution in [0.15, 0.2) is 48.5 Å². The summed E-state index contributed by atoms with van der Waals surface area (Å²) >= 11 is 5.23. The molecule has 4 aromatic rings. The van der Waals surface area contributed by atoms with Crippen molar-refractivity contribution >= 4 is 29.0 Å². The van der Waals surface area contributed by atoms with E-state index in [0.717, 1.165) is 16.5 Å². The van der Waals surface area contributed by atoms with Crippen molar-refractivity contribution in [1.82, 2.24) is 25.1 Å². The van der Waals surface area contributed by atoms with E-state index in [9.17, 15) is 4.79 Å². The second-order valence-corrected chi connectivity index (χ2v) is 7.69. The smallest absolute Gasteiger partial charge is 0.252 e. The molecule has 2 N–H and O–H groups in total. The van der Waals surface area contributed by atoms with E-state index in [4.69, 9.17) is 26.7 Å². The topological polar surface area (TPSA) is 94.1 Å². The number of nitrogens with one attached hydrogen (secondary N) is 2. The van der Waals surface area contributed by atoms with Crippen molar-refractivity contribution in [3.63, 3.8) is 0 Å². The van der Waals surface area contributed by atoms with Crippen LogP contribution in [-0.2, 0) is 13.1 Å². The minimum absolute atomic E-state index is 0.209. The normalized spacial score (nSPS) is 12.7. The number of nitrogens with zero attached hydrogens (tertiary/aromatic N) is 3. The zero-order valence-corrected chi connectivity index (χ0v) is 18.2. The fraction of sp³-hybridized carbons (Fsp3) is 0.217. The molecule has 9 heteroatoms. The monoisotopic (exact) mass is 447 g/mol. The summed E-state index contributed by atoms with van der Waals surface area (Å²) < 4.78 is 13.7. The number of aromatic amines is 1. The lowest BCUT2D eigenvalue weighted by Crippen LogP contribution is -2.25. The van der Waals surface area contributed by atoms with Crippen molar-refractivity contribution in [3.8, 4) is 22.8 Å². The number of carbonyl (C=O) groups excluding carboxylic acids is 1. The summed E-state index contributed by atoms with van der Waals surface area (Å²) in [6.45, 7) is 3.95. The van der Waals surface area contributed by atoms with Crippen LogP contribution in [0.2, 0.25) is 0 Å². The van der Waals surface area contributed by atoms with E-state index in [2.05, 4.69) is 15.5 Å². The van der Waals surface area contributed by atoms with Crippen LogP contribution in [0.3, 0.4) is 0 Å². The van der Waals surface area contributed by atoms with E-state index < -0.39 is 0 Å². The maximum Gasteiger partial charge on any atom is 0.252 e. The first-order valence-corrected chi connectivity index (χ1v) is 10.8. The van der Waals surface area contributed by atoms with Crippen LogP contribution in [0.25, 0.3) is 22.2 Å². The number of H-pyrrole nitrogens is 1. The summed E-state index contributed by atoms with van der Waals surface area (Å²) in [5, 5.41) is 10.7. The third kappa shape index (κ3) is 3.71. The largest absolute Gasteiger partial charge is 0.486 e. The lowest BCUT2D eigenvalue weighted by molar-refractivity contribution is 0.0951. The molecule has 32 heavy (non-hydrogen) atoms. The van der Waals surface area contributed by atoms with Crippen LogP contribution in [0.4, 0.5) is 0 Å². The van der Waals surface area contributed by atoms with Gasteiger partial charge in [-0.1, -0.05) is 18.2 Å². The zero-order valence-electron chi connectivity index (χ0n) is 17.4. The van der Waals surface area contributed by atoms with Crippen molar-refractivity contribution in [2.75, 3.05) is 13.2 Å². The third-order valence-electron chi connectivity index (χ3n) is 5.36. The van der Waals surface area contributed by atoms with Gasteiger partial charge in [0, 0.05) is 17.5 Å². The van der Waals surface area contributed by atoms with Gasteiger partial charge in [-0.2, -0.15) is 5.10 Å². The van der Waals surface area contributed by atoms with E-state index in [1.807, 2.05) is 54.0 Å². The Hall–Kier alpha value is -3.72. The van der Waals surface area contributed by atoms with Crippen molar-refractivity contribution in [2.24, 2.45) is 0 Å². The predicted octanol–water partition coefficient (Wildman–Crippen LogP) is 3.88. The van der Waals surface area contributed by atoms with Crippen LogP contribution in [0.1, 0.15) is 23.1 Å². The number of benzene rings is 2. The Morgan fingerprint density at radius 3 is 2.81 bits per heavy atom. The number of amides is 1. The fourth-order valence-electron chi connectivity index (χ4n) is 3.78. The lowest BCUT2D eigenvalue weighted by Gasteiger charge is -2.19. The predicted molar refractivity (Wildman–Crippen MR) is 122 cm³/mol. The van der Waals surface area contributed by atoms with Crippen molar-refractivity contribution in [1.29, 1.82) is 0 Å². The van der Waals surface area contributed by atoms with Gasteiger partial charge in [-0.25, -0.2) is 4.98 Å². The molecule has 162 valence electrons. The fourth-order valence-corrected chi connectivity index (χ4v) is 4.06. The Morgan fingerprint density at radius 1 is 1.16 bits per heavy atom. The number of aromatic nitrogens is 4. The molecule has 1 amide bonds. The van der Waals surface area contributed by atoms with E-state index in [1.54, 1.807) is 6.07 Å². The zero-order chi connectivity index (χ0) is 22.1. The molecule has 8 nitrogen and oxygen atoms in total. The summed E-state index contributed by atoms with van der Waals surface area (Å²) in [5.41, 5.74) is 2.81. The third-order valence-corrected chi connectivity index (χ3v) is 5.67. The van der Waals surface area contributed by atoms with Gasteiger partial charge in [-0.05, 0) is 49.5 Å². The number of hydrogen-bond acceptors (Lipinski definition) is 6. The summed E-state index contributed by atoms with van der Waals surface area (Å²) in [6.07, 6.45) is 0. The molecule has 0 saturated carbocycles. The quantitative estimate of drug-likeness (QED) is 0.451. The van der Waals surface area contributed by atoms with Crippen LogP contribution in [0.5, 0.6) is 11.5 Å². The van der Waals surface area contributed by atoms with Gasteiger partial charge in [-0.3, -0.25) is 9.89 Å². The van der Waals surface area contributed by atoms with E-state index in [1.165, 1.54) is 0 Å². The molecule has 2 aromatic heterocycles. The summed E-state index contributed by atoms with van der Waals surface area (Å²) in [4.78, 5) is 18.0. The number of pyridine rings is 1. The maximum absolute atomic E-state index is 13.2. The average molecular weight is 448 g/mol. The molecule has 0 unspecified atom stereocenters. The molecule has 0 radical (unpaired) electrons. The molecule has 0 aliphatic carbocycles. The van der Waals surface area contributed by atoms with Gasteiger partial charge < -0.3 is 19.4 Å². The van der Waals surface area contributed by atoms with Crippen LogP contribution in [0, 0.1) is 4.77 Å². The highest BCUT2D eigenvalue weighted by Gasteiger charge is 2.17. The molecular formula is C23H21N5O3S. The number of carbonyl (C=O) groups is 1. The minimum Gasteiger partial charge on any atom is -0.486 e. The minimum atomic E-state index is -0.209. The summed E-state index contributed by atoms with van der Waals surface area (Å²) in [5.74, 6) is 1.86. The first-order valence-electron chi connectivity index (χ1n) is 10.4. The van der Waals surface area contributed by atoms with Gasteiger partial charge in [0.1, 0.15) is 13.2 Å². The Kier molecular flexibility index (Phi) is 5.32. The molecule has 1 aliphatic rings. The molecule has 0 atom stereocenters. The Morgan fingerprint density at radius 2 is 1.97 bits per heavy atom. The van der Waals surface area contributed by atoms with Gasteiger partial charge in [-0.15, -0.1) is 0 Å². The standard InChI is InChI=1S/C23H21N5O3S/c1-2-28-21(26-27-23(28)32)13-24-22(29)16-12-18(25-17-6-4-3-5-15(16)17)14-7-8-19-20(11-14)31-10-9-30-19/h3-8,11-12H,2,9-10,13H2,1H3,(H,24,29)(H,27,32). The van der Waals surface area contributed by atoms with Crippen molar-refractivity contribution < 1.29 is 14.3 Å². The molecule has 3 heterocycles. The van der Waals surface area contributed by atoms with Gasteiger partial charge in [0.15, 0.2) is 22.1 Å². The number of fused-ring (bicyclic) bond motifs is 2. The molecule has 0 fully saturated rings. The summed E-state index contributed by atoms with van der Waals surface area (Å²) in [7, 11) is 0. The highest BCUT2D eigenvalue weighted by molar-refractivity contribution is 7.71. The molecular weight excluding hydrogens is 426 g/mol. The van der Waals surface area contributed by atoms with Crippen LogP contribution >= 0.6 is 12.2 Å².